The van der Waals surface area contributed by atoms with Crippen LogP contribution < -0.4 is 10.6 Å². The van der Waals surface area contributed by atoms with Crippen molar-refractivity contribution in [3.05, 3.63) is 33.9 Å². The van der Waals surface area contributed by atoms with Gasteiger partial charge in [0.25, 0.3) is 5.91 Å². The van der Waals surface area contributed by atoms with Gasteiger partial charge in [-0.1, -0.05) is 6.07 Å². The third-order valence-corrected chi connectivity index (χ3v) is 3.59. The predicted molar refractivity (Wildman–Crippen MR) is 78.6 cm³/mol. The number of nitrogens with zero attached hydrogens (tertiary/aromatic N) is 1. The van der Waals surface area contributed by atoms with Gasteiger partial charge < -0.3 is 15.4 Å². The molecular formula is C14H19N3O4. The number of anilines is 1. The highest BCUT2D eigenvalue weighted by Crippen LogP contribution is 2.29. The van der Waals surface area contributed by atoms with E-state index in [2.05, 4.69) is 10.6 Å². The lowest BCUT2D eigenvalue weighted by Gasteiger charge is -2.34. The number of ether oxygens (including phenoxy) is 1. The monoisotopic (exact) mass is 293 g/mol. The van der Waals surface area contributed by atoms with Crippen molar-refractivity contribution < 1.29 is 14.5 Å². The summed E-state index contributed by atoms with van der Waals surface area (Å²) in [4.78, 5) is 23.1. The molecule has 1 atom stereocenters. The van der Waals surface area contributed by atoms with Gasteiger partial charge in [0.2, 0.25) is 0 Å². The summed E-state index contributed by atoms with van der Waals surface area (Å²) in [5.74, 6) is -0.452. The Hall–Kier alpha value is -2.15. The second-order valence-electron chi connectivity index (χ2n) is 5.38. The van der Waals surface area contributed by atoms with Gasteiger partial charge in [0.05, 0.1) is 17.1 Å². The van der Waals surface area contributed by atoms with Crippen molar-refractivity contribution in [1.29, 1.82) is 0 Å². The fourth-order valence-corrected chi connectivity index (χ4v) is 2.50. The topological polar surface area (TPSA) is 93.5 Å². The lowest BCUT2D eigenvalue weighted by Crippen LogP contribution is -2.51. The van der Waals surface area contributed by atoms with Crippen LogP contribution in [0.4, 0.5) is 11.4 Å². The van der Waals surface area contributed by atoms with Gasteiger partial charge in [-0.25, -0.2) is 0 Å². The van der Waals surface area contributed by atoms with E-state index in [4.69, 9.17) is 4.74 Å². The summed E-state index contributed by atoms with van der Waals surface area (Å²) in [6.07, 6.45) is 1.65. The van der Waals surface area contributed by atoms with E-state index >= 15 is 0 Å². The van der Waals surface area contributed by atoms with Crippen molar-refractivity contribution in [2.45, 2.75) is 25.3 Å². The van der Waals surface area contributed by atoms with Crippen molar-refractivity contribution in [1.82, 2.24) is 5.32 Å². The second kappa shape index (κ2) is 6.09. The van der Waals surface area contributed by atoms with Crippen LogP contribution in [0.5, 0.6) is 0 Å². The zero-order chi connectivity index (χ0) is 15.5. The predicted octanol–water partition coefficient (Wildman–Crippen LogP) is 1.94. The highest BCUT2D eigenvalue weighted by molar-refractivity contribution is 6.00. The number of nitro benzene ring substituents is 1. The number of nitro groups is 1. The van der Waals surface area contributed by atoms with Gasteiger partial charge in [-0.15, -0.1) is 0 Å². The molecule has 21 heavy (non-hydrogen) atoms. The summed E-state index contributed by atoms with van der Waals surface area (Å²) >= 11 is 0. The number of para-hydroxylation sites is 1. The first-order valence-corrected chi connectivity index (χ1v) is 6.82. The Morgan fingerprint density at radius 2 is 2.24 bits per heavy atom. The highest BCUT2D eigenvalue weighted by Gasteiger charge is 2.32. The largest absolute Gasteiger partial charge is 0.383 e. The fraction of sp³-hybridized carbons (Fsp3) is 0.500. The maximum Gasteiger partial charge on any atom is 0.305 e. The molecule has 7 nitrogen and oxygen atoms in total. The van der Waals surface area contributed by atoms with E-state index in [9.17, 15) is 14.9 Å². The van der Waals surface area contributed by atoms with Crippen LogP contribution in [0.25, 0.3) is 0 Å². The molecule has 1 heterocycles. The molecule has 0 spiro atoms. The van der Waals surface area contributed by atoms with Crippen LogP contribution in [0, 0.1) is 10.1 Å². The van der Waals surface area contributed by atoms with E-state index in [1.54, 1.807) is 19.2 Å². The number of carbonyl (C=O) groups excluding carboxylic acids is 1. The van der Waals surface area contributed by atoms with E-state index in [-0.39, 0.29) is 11.3 Å². The zero-order valence-electron chi connectivity index (χ0n) is 12.1. The number of amides is 1. The van der Waals surface area contributed by atoms with Crippen molar-refractivity contribution >= 4 is 17.3 Å². The Morgan fingerprint density at radius 1 is 1.48 bits per heavy atom. The molecule has 0 aromatic heterocycles. The van der Waals surface area contributed by atoms with Gasteiger partial charge >= 0.3 is 5.69 Å². The molecular weight excluding hydrogens is 274 g/mol. The molecule has 1 amide bonds. The Kier molecular flexibility index (Phi) is 4.42. The van der Waals surface area contributed by atoms with Crippen molar-refractivity contribution in [3.8, 4) is 0 Å². The normalized spacial score (nSPS) is 21.6. The van der Waals surface area contributed by atoms with E-state index in [0.717, 1.165) is 12.8 Å². The van der Waals surface area contributed by atoms with Crippen LogP contribution in [0.1, 0.15) is 30.1 Å². The van der Waals surface area contributed by atoms with E-state index in [0.29, 0.717) is 18.9 Å². The van der Waals surface area contributed by atoms with Crippen molar-refractivity contribution in [2.75, 3.05) is 25.6 Å². The highest BCUT2D eigenvalue weighted by atomic mass is 16.6. The smallest absolute Gasteiger partial charge is 0.305 e. The van der Waals surface area contributed by atoms with Crippen molar-refractivity contribution in [2.24, 2.45) is 0 Å². The van der Waals surface area contributed by atoms with Crippen LogP contribution >= 0.6 is 0 Å². The molecule has 0 bridgehead atoms. The molecule has 1 aromatic rings. The number of benzene rings is 1. The van der Waals surface area contributed by atoms with Crippen LogP contribution in [0.3, 0.4) is 0 Å². The molecule has 114 valence electrons. The lowest BCUT2D eigenvalue weighted by atomic mass is 9.94. The average Bonchev–Trinajstić information content (AvgIpc) is 2.46. The zero-order valence-corrected chi connectivity index (χ0v) is 12.1. The van der Waals surface area contributed by atoms with Gasteiger partial charge in [0.15, 0.2) is 0 Å². The molecule has 1 aliphatic rings. The first kappa shape index (κ1) is 15.2. The molecule has 1 aliphatic heterocycles. The Morgan fingerprint density at radius 3 is 2.81 bits per heavy atom. The summed E-state index contributed by atoms with van der Waals surface area (Å²) in [5.41, 5.74) is -0.326. The number of carbonyl (C=O) groups is 1. The Balaban J connectivity index is 2.28. The lowest BCUT2D eigenvalue weighted by molar-refractivity contribution is -0.384. The molecule has 1 aromatic carbocycles. The number of hydrogen-bond acceptors (Lipinski definition) is 5. The SMILES string of the molecule is CNc1cccc(C(=O)NC2(C)CCCOC2)c1[N+](=O)[O-]. The summed E-state index contributed by atoms with van der Waals surface area (Å²) in [5, 5.41) is 16.8. The second-order valence-corrected chi connectivity index (χ2v) is 5.38. The minimum atomic E-state index is -0.541. The molecule has 2 rings (SSSR count). The fourth-order valence-electron chi connectivity index (χ4n) is 2.50. The molecule has 1 fully saturated rings. The summed E-state index contributed by atoms with van der Waals surface area (Å²) < 4.78 is 5.38. The molecule has 2 N–H and O–H groups in total. The van der Waals surface area contributed by atoms with Gasteiger partial charge in [0.1, 0.15) is 11.3 Å². The quantitative estimate of drug-likeness (QED) is 0.653. The van der Waals surface area contributed by atoms with E-state index in [1.807, 2.05) is 6.92 Å². The van der Waals surface area contributed by atoms with Crippen molar-refractivity contribution in [3.63, 3.8) is 0 Å². The van der Waals surface area contributed by atoms with Gasteiger partial charge in [-0.3, -0.25) is 14.9 Å². The maximum absolute atomic E-state index is 12.4. The third kappa shape index (κ3) is 3.30. The Bertz CT molecular complexity index is 553. The number of rotatable bonds is 4. The van der Waals surface area contributed by atoms with Crippen LogP contribution in [-0.4, -0.2) is 36.6 Å². The standard InChI is InChI=1S/C14H19N3O4/c1-14(7-4-8-21-9-14)16-13(18)10-5-3-6-11(15-2)12(10)17(19)20/h3,5-6,15H,4,7-9H2,1-2H3,(H,16,18). The van der Waals surface area contributed by atoms with Crippen LogP contribution in [-0.2, 0) is 4.74 Å². The van der Waals surface area contributed by atoms with Crippen LogP contribution in [0.15, 0.2) is 18.2 Å². The van der Waals surface area contributed by atoms with E-state index in [1.165, 1.54) is 6.07 Å². The summed E-state index contributed by atoms with van der Waals surface area (Å²) in [7, 11) is 1.58. The molecule has 1 saturated heterocycles. The summed E-state index contributed by atoms with van der Waals surface area (Å²) in [6.45, 7) is 2.98. The molecule has 1 unspecified atom stereocenters. The Labute approximate surface area is 122 Å². The average molecular weight is 293 g/mol. The molecule has 0 radical (unpaired) electrons. The maximum atomic E-state index is 12.4. The molecule has 0 aliphatic carbocycles. The number of hydrogen-bond donors (Lipinski definition) is 2. The van der Waals surface area contributed by atoms with Gasteiger partial charge in [-0.05, 0) is 31.9 Å². The minimum Gasteiger partial charge on any atom is -0.383 e. The molecule has 7 heteroatoms. The number of nitrogens with one attached hydrogen (secondary N) is 2. The van der Waals surface area contributed by atoms with Crippen LogP contribution in [0.2, 0.25) is 0 Å². The first-order valence-electron chi connectivity index (χ1n) is 6.82. The first-order chi connectivity index (χ1) is 9.97. The minimum absolute atomic E-state index is 0.0543. The van der Waals surface area contributed by atoms with E-state index < -0.39 is 16.4 Å². The molecule has 0 saturated carbocycles. The summed E-state index contributed by atoms with van der Waals surface area (Å²) in [6, 6.07) is 4.65. The van der Waals surface area contributed by atoms with Gasteiger partial charge in [0, 0.05) is 13.7 Å². The third-order valence-electron chi connectivity index (χ3n) is 3.59. The van der Waals surface area contributed by atoms with Gasteiger partial charge in [-0.2, -0.15) is 0 Å².